The van der Waals surface area contributed by atoms with Gasteiger partial charge in [0, 0.05) is 0 Å². The van der Waals surface area contributed by atoms with Gasteiger partial charge in [0.1, 0.15) is 5.82 Å². The van der Waals surface area contributed by atoms with Crippen LogP contribution in [0.1, 0.15) is 21.5 Å². The Morgan fingerprint density at radius 3 is 2.42 bits per heavy atom. The third-order valence-corrected chi connectivity index (χ3v) is 2.82. The van der Waals surface area contributed by atoms with E-state index in [2.05, 4.69) is 5.32 Å². The predicted octanol–water partition coefficient (Wildman–Crippen LogP) is 3.28. The van der Waals surface area contributed by atoms with Crippen LogP contribution in [-0.4, -0.2) is 5.91 Å². The Kier molecular flexibility index (Phi) is 3.51. The van der Waals surface area contributed by atoms with Gasteiger partial charge in [-0.05, 0) is 43.7 Å². The number of hydrogen-bond acceptors (Lipinski definition) is 2. The van der Waals surface area contributed by atoms with Crippen LogP contribution in [0.25, 0.3) is 0 Å². The molecule has 0 fully saturated rings. The predicted molar refractivity (Wildman–Crippen MR) is 74.7 cm³/mol. The van der Waals surface area contributed by atoms with E-state index in [1.807, 2.05) is 13.0 Å². The van der Waals surface area contributed by atoms with Crippen LogP contribution in [0.4, 0.5) is 15.8 Å². The van der Waals surface area contributed by atoms with E-state index >= 15 is 0 Å². The van der Waals surface area contributed by atoms with Crippen LogP contribution in [0.5, 0.6) is 0 Å². The molecule has 2 aromatic rings. The fraction of sp³-hybridized carbons (Fsp3) is 0.133. The molecule has 0 aliphatic carbocycles. The summed E-state index contributed by atoms with van der Waals surface area (Å²) in [5.74, 6) is -1.05. The minimum atomic E-state index is -0.547. The summed E-state index contributed by atoms with van der Waals surface area (Å²) >= 11 is 0. The number of aryl methyl sites for hydroxylation is 2. The summed E-state index contributed by atoms with van der Waals surface area (Å²) in [5, 5.41) is 2.62. The van der Waals surface area contributed by atoms with E-state index < -0.39 is 11.7 Å². The number of carbonyl (C=O) groups is 1. The van der Waals surface area contributed by atoms with E-state index in [1.54, 1.807) is 25.1 Å². The van der Waals surface area contributed by atoms with Gasteiger partial charge in [-0.2, -0.15) is 0 Å². The zero-order valence-electron chi connectivity index (χ0n) is 10.8. The lowest BCUT2D eigenvalue weighted by atomic mass is 10.1. The van der Waals surface area contributed by atoms with Crippen molar-refractivity contribution < 1.29 is 9.18 Å². The number of benzene rings is 2. The highest BCUT2D eigenvalue weighted by molar-refractivity contribution is 6.06. The molecule has 0 aliphatic heterocycles. The third kappa shape index (κ3) is 2.91. The number of nitrogens with two attached hydrogens (primary N) is 1. The molecular formula is C15H15FN2O. The molecule has 4 heteroatoms. The molecule has 3 nitrogen and oxygen atoms in total. The number of halogens is 1. The second-order valence-corrected chi connectivity index (χ2v) is 4.53. The van der Waals surface area contributed by atoms with Gasteiger partial charge in [-0.3, -0.25) is 4.79 Å². The van der Waals surface area contributed by atoms with E-state index in [0.717, 1.165) is 11.1 Å². The highest BCUT2D eigenvalue weighted by atomic mass is 19.1. The zero-order chi connectivity index (χ0) is 14.0. The molecule has 0 aromatic heterocycles. The van der Waals surface area contributed by atoms with Gasteiger partial charge in [0.2, 0.25) is 0 Å². The van der Waals surface area contributed by atoms with Gasteiger partial charge in [0.15, 0.2) is 0 Å². The molecule has 0 spiro atoms. The van der Waals surface area contributed by atoms with Gasteiger partial charge in [-0.25, -0.2) is 4.39 Å². The van der Waals surface area contributed by atoms with Crippen molar-refractivity contribution in [2.24, 2.45) is 0 Å². The molecule has 0 atom stereocenters. The third-order valence-electron chi connectivity index (χ3n) is 2.82. The smallest absolute Gasteiger partial charge is 0.258 e. The number of rotatable bonds is 2. The molecule has 0 heterocycles. The Morgan fingerprint density at radius 2 is 1.74 bits per heavy atom. The lowest BCUT2D eigenvalue weighted by Crippen LogP contribution is -2.15. The first-order valence-corrected chi connectivity index (χ1v) is 5.91. The highest BCUT2D eigenvalue weighted by Crippen LogP contribution is 2.21. The Bertz CT molecular complexity index is 638. The number of anilines is 2. The van der Waals surface area contributed by atoms with Crippen molar-refractivity contribution in [3.05, 3.63) is 58.9 Å². The van der Waals surface area contributed by atoms with Gasteiger partial charge >= 0.3 is 0 Å². The topological polar surface area (TPSA) is 55.1 Å². The number of carbonyl (C=O) groups excluding carboxylic acids is 1. The second-order valence-electron chi connectivity index (χ2n) is 4.53. The normalized spacial score (nSPS) is 10.3. The highest BCUT2D eigenvalue weighted by Gasteiger charge is 2.13. The SMILES string of the molecule is Cc1ccc(NC(=O)c2cc(C)ccc2F)c(N)c1. The lowest BCUT2D eigenvalue weighted by molar-refractivity contribution is 0.102. The molecule has 0 saturated carbocycles. The molecule has 2 rings (SSSR count). The summed E-state index contributed by atoms with van der Waals surface area (Å²) in [6, 6.07) is 9.70. The average molecular weight is 258 g/mol. The lowest BCUT2D eigenvalue weighted by Gasteiger charge is -2.10. The van der Waals surface area contributed by atoms with Crippen molar-refractivity contribution in [2.45, 2.75) is 13.8 Å². The molecule has 0 unspecified atom stereocenters. The number of hydrogen-bond donors (Lipinski definition) is 2. The zero-order valence-corrected chi connectivity index (χ0v) is 10.8. The van der Waals surface area contributed by atoms with Crippen molar-refractivity contribution in [2.75, 3.05) is 11.1 Å². The van der Waals surface area contributed by atoms with Crippen LogP contribution in [0, 0.1) is 19.7 Å². The first-order valence-electron chi connectivity index (χ1n) is 5.91. The van der Waals surface area contributed by atoms with Crippen molar-refractivity contribution in [1.29, 1.82) is 0 Å². The Labute approximate surface area is 111 Å². The molecule has 19 heavy (non-hydrogen) atoms. The first-order chi connectivity index (χ1) is 8.97. The number of nitrogen functional groups attached to an aromatic ring is 1. The Hall–Kier alpha value is -2.36. The maximum atomic E-state index is 13.6. The van der Waals surface area contributed by atoms with E-state index in [-0.39, 0.29) is 5.56 Å². The fourth-order valence-corrected chi connectivity index (χ4v) is 1.80. The van der Waals surface area contributed by atoms with Gasteiger partial charge in [-0.1, -0.05) is 17.7 Å². The van der Waals surface area contributed by atoms with E-state index in [9.17, 15) is 9.18 Å². The molecule has 3 N–H and O–H groups in total. The number of amides is 1. The quantitative estimate of drug-likeness (QED) is 0.812. The van der Waals surface area contributed by atoms with Crippen LogP contribution in [0.2, 0.25) is 0 Å². The molecule has 98 valence electrons. The summed E-state index contributed by atoms with van der Waals surface area (Å²) in [7, 11) is 0. The van der Waals surface area contributed by atoms with Crippen LogP contribution >= 0.6 is 0 Å². The molecule has 0 bridgehead atoms. The number of nitrogens with one attached hydrogen (secondary N) is 1. The fourth-order valence-electron chi connectivity index (χ4n) is 1.80. The van der Waals surface area contributed by atoms with Crippen molar-refractivity contribution in [3.8, 4) is 0 Å². The van der Waals surface area contributed by atoms with Crippen LogP contribution in [0.3, 0.4) is 0 Å². The summed E-state index contributed by atoms with van der Waals surface area (Å²) in [6.45, 7) is 3.71. The van der Waals surface area contributed by atoms with Crippen LogP contribution in [0.15, 0.2) is 36.4 Å². The maximum absolute atomic E-state index is 13.6. The van der Waals surface area contributed by atoms with Crippen LogP contribution < -0.4 is 11.1 Å². The summed E-state index contributed by atoms with van der Waals surface area (Å²) in [5.41, 5.74) is 8.58. The molecule has 0 aliphatic rings. The maximum Gasteiger partial charge on any atom is 0.258 e. The van der Waals surface area contributed by atoms with E-state index in [1.165, 1.54) is 12.1 Å². The summed E-state index contributed by atoms with van der Waals surface area (Å²) in [6.07, 6.45) is 0. The van der Waals surface area contributed by atoms with Gasteiger partial charge in [0.25, 0.3) is 5.91 Å². The van der Waals surface area contributed by atoms with Gasteiger partial charge < -0.3 is 11.1 Å². The Balaban J connectivity index is 2.28. The standard InChI is InChI=1S/C15H15FN2O/c1-9-3-5-12(16)11(7-9)15(19)18-14-6-4-10(2)8-13(14)17/h3-8H,17H2,1-2H3,(H,18,19). The van der Waals surface area contributed by atoms with Gasteiger partial charge in [0.05, 0.1) is 16.9 Å². The molecule has 2 aromatic carbocycles. The summed E-state index contributed by atoms with van der Waals surface area (Å²) < 4.78 is 13.6. The van der Waals surface area contributed by atoms with E-state index in [4.69, 9.17) is 5.73 Å². The summed E-state index contributed by atoms with van der Waals surface area (Å²) in [4.78, 5) is 12.0. The van der Waals surface area contributed by atoms with Crippen molar-refractivity contribution in [3.63, 3.8) is 0 Å². The molecular weight excluding hydrogens is 243 g/mol. The van der Waals surface area contributed by atoms with Gasteiger partial charge in [-0.15, -0.1) is 0 Å². The monoisotopic (exact) mass is 258 g/mol. The average Bonchev–Trinajstić information content (AvgIpc) is 2.35. The molecule has 1 amide bonds. The minimum Gasteiger partial charge on any atom is -0.397 e. The largest absolute Gasteiger partial charge is 0.397 e. The first kappa shape index (κ1) is 13.1. The van der Waals surface area contributed by atoms with Crippen molar-refractivity contribution >= 4 is 17.3 Å². The van der Waals surface area contributed by atoms with Crippen molar-refractivity contribution in [1.82, 2.24) is 0 Å². The minimum absolute atomic E-state index is 0.0139. The molecule has 0 radical (unpaired) electrons. The van der Waals surface area contributed by atoms with E-state index in [0.29, 0.717) is 11.4 Å². The second kappa shape index (κ2) is 5.10. The molecule has 0 saturated heterocycles. The Morgan fingerprint density at radius 1 is 1.11 bits per heavy atom. The van der Waals surface area contributed by atoms with Crippen LogP contribution in [-0.2, 0) is 0 Å².